The van der Waals surface area contributed by atoms with Gasteiger partial charge in [0, 0.05) is 6.54 Å². The monoisotopic (exact) mass is 300 g/mol. The fourth-order valence-corrected chi connectivity index (χ4v) is 2.11. The van der Waals surface area contributed by atoms with Gasteiger partial charge in [0.15, 0.2) is 0 Å². The average Bonchev–Trinajstić information content (AvgIpc) is 2.76. The normalized spacial score (nSPS) is 21.8. The molecule has 7 nitrogen and oxygen atoms in total. The number of nitrogens with zero attached hydrogens (tertiary/aromatic N) is 1. The fraction of sp³-hybridized carbons (Fsp3) is 0.714. The standard InChI is InChI=1S/C14H24N2O5/c1-5-6-20-13(19)16-8-10(7-11(16)9-17)15-12(18)21-14(2,3)4/h5,10-11,17H,1,6-9H2,2-4H3,(H,15,18)/t10-,11-/m0/s1. The predicted octanol–water partition coefficient (Wildman–Crippen LogP) is 1.27. The van der Waals surface area contributed by atoms with Crippen LogP contribution in [0.3, 0.4) is 0 Å². The minimum absolute atomic E-state index is 0.109. The highest BCUT2D eigenvalue weighted by molar-refractivity contribution is 5.70. The number of hydrogen-bond donors (Lipinski definition) is 2. The first kappa shape index (κ1) is 17.3. The van der Waals surface area contributed by atoms with Gasteiger partial charge in [0.2, 0.25) is 0 Å². The van der Waals surface area contributed by atoms with Gasteiger partial charge in [-0.1, -0.05) is 12.7 Å². The SMILES string of the molecule is C=CCOC(=O)N1C[C@@H](NC(=O)OC(C)(C)C)C[C@H]1CO. The number of aliphatic hydroxyl groups excluding tert-OH is 1. The summed E-state index contributed by atoms with van der Waals surface area (Å²) < 4.78 is 10.1. The van der Waals surface area contributed by atoms with Crippen molar-refractivity contribution < 1.29 is 24.2 Å². The van der Waals surface area contributed by atoms with Crippen LogP contribution in [-0.4, -0.2) is 59.6 Å². The van der Waals surface area contributed by atoms with Crippen molar-refractivity contribution in [2.24, 2.45) is 0 Å². The lowest BCUT2D eigenvalue weighted by Gasteiger charge is -2.22. The van der Waals surface area contributed by atoms with Gasteiger partial charge in [0.1, 0.15) is 12.2 Å². The third kappa shape index (κ3) is 5.63. The molecule has 0 bridgehead atoms. The Morgan fingerprint density at radius 1 is 1.48 bits per heavy atom. The summed E-state index contributed by atoms with van der Waals surface area (Å²) in [7, 11) is 0. The van der Waals surface area contributed by atoms with Gasteiger partial charge in [0.25, 0.3) is 0 Å². The summed E-state index contributed by atoms with van der Waals surface area (Å²) in [5.74, 6) is 0. The maximum Gasteiger partial charge on any atom is 0.410 e. The fourth-order valence-electron chi connectivity index (χ4n) is 2.11. The molecule has 0 aromatic carbocycles. The topological polar surface area (TPSA) is 88.1 Å². The molecule has 21 heavy (non-hydrogen) atoms. The highest BCUT2D eigenvalue weighted by Gasteiger charge is 2.37. The van der Waals surface area contributed by atoms with Crippen LogP contribution in [0.15, 0.2) is 12.7 Å². The van der Waals surface area contributed by atoms with Crippen LogP contribution in [0, 0.1) is 0 Å². The first-order valence-electron chi connectivity index (χ1n) is 6.91. The first-order chi connectivity index (χ1) is 9.76. The minimum atomic E-state index is -0.582. The number of carbonyl (C=O) groups excluding carboxylic acids is 2. The second-order valence-corrected chi connectivity index (χ2v) is 5.93. The van der Waals surface area contributed by atoms with Crippen LogP contribution < -0.4 is 5.32 Å². The van der Waals surface area contributed by atoms with Gasteiger partial charge in [-0.2, -0.15) is 0 Å². The number of ether oxygens (including phenoxy) is 2. The highest BCUT2D eigenvalue weighted by Crippen LogP contribution is 2.19. The Bertz CT molecular complexity index is 391. The van der Waals surface area contributed by atoms with E-state index in [1.807, 2.05) is 0 Å². The smallest absolute Gasteiger partial charge is 0.410 e. The lowest BCUT2D eigenvalue weighted by molar-refractivity contribution is 0.0503. The third-order valence-corrected chi connectivity index (χ3v) is 2.91. The number of hydrogen-bond acceptors (Lipinski definition) is 5. The van der Waals surface area contributed by atoms with E-state index in [4.69, 9.17) is 9.47 Å². The quantitative estimate of drug-likeness (QED) is 0.763. The van der Waals surface area contributed by atoms with Gasteiger partial charge in [-0.3, -0.25) is 0 Å². The molecule has 1 heterocycles. The molecule has 1 fully saturated rings. The predicted molar refractivity (Wildman–Crippen MR) is 76.9 cm³/mol. The van der Waals surface area contributed by atoms with Gasteiger partial charge in [-0.05, 0) is 27.2 Å². The molecule has 0 aromatic heterocycles. The summed E-state index contributed by atoms with van der Waals surface area (Å²) in [4.78, 5) is 25.0. The van der Waals surface area contributed by atoms with Gasteiger partial charge < -0.3 is 24.8 Å². The second kappa shape index (κ2) is 7.31. The molecule has 0 radical (unpaired) electrons. The Kier molecular flexibility index (Phi) is 6.02. The van der Waals surface area contributed by atoms with E-state index in [9.17, 15) is 14.7 Å². The van der Waals surface area contributed by atoms with E-state index in [2.05, 4.69) is 11.9 Å². The highest BCUT2D eigenvalue weighted by atomic mass is 16.6. The van der Waals surface area contributed by atoms with Crippen molar-refractivity contribution in [1.29, 1.82) is 0 Å². The molecule has 2 amide bonds. The third-order valence-electron chi connectivity index (χ3n) is 2.91. The molecular weight excluding hydrogens is 276 g/mol. The van der Waals surface area contributed by atoms with E-state index < -0.39 is 17.8 Å². The Labute approximate surface area is 124 Å². The largest absolute Gasteiger partial charge is 0.445 e. The van der Waals surface area contributed by atoms with Crippen molar-refractivity contribution in [3.63, 3.8) is 0 Å². The zero-order valence-electron chi connectivity index (χ0n) is 12.8. The summed E-state index contributed by atoms with van der Waals surface area (Å²) in [5, 5.41) is 12.0. The Hall–Kier alpha value is -1.76. The Morgan fingerprint density at radius 2 is 2.14 bits per heavy atom. The van der Waals surface area contributed by atoms with Crippen molar-refractivity contribution in [2.75, 3.05) is 19.8 Å². The van der Waals surface area contributed by atoms with Crippen LogP contribution in [0.2, 0.25) is 0 Å². The lowest BCUT2D eigenvalue weighted by atomic mass is 10.2. The molecule has 7 heteroatoms. The summed E-state index contributed by atoms with van der Waals surface area (Å²) in [5.41, 5.74) is -0.582. The van der Waals surface area contributed by atoms with Crippen LogP contribution >= 0.6 is 0 Å². The maximum atomic E-state index is 11.8. The van der Waals surface area contributed by atoms with Crippen LogP contribution in [0.25, 0.3) is 0 Å². The van der Waals surface area contributed by atoms with Crippen molar-refractivity contribution in [1.82, 2.24) is 10.2 Å². The van der Waals surface area contributed by atoms with Crippen LogP contribution in [0.5, 0.6) is 0 Å². The number of likely N-dealkylation sites (tertiary alicyclic amines) is 1. The summed E-state index contributed by atoms with van der Waals surface area (Å²) >= 11 is 0. The number of aliphatic hydroxyl groups is 1. The number of alkyl carbamates (subject to hydrolysis) is 1. The van der Waals surface area contributed by atoms with E-state index in [0.29, 0.717) is 6.42 Å². The zero-order chi connectivity index (χ0) is 16.0. The van der Waals surface area contributed by atoms with Gasteiger partial charge >= 0.3 is 12.2 Å². The molecular formula is C14H24N2O5. The Morgan fingerprint density at radius 3 is 2.67 bits per heavy atom. The zero-order valence-corrected chi connectivity index (χ0v) is 12.8. The minimum Gasteiger partial charge on any atom is -0.445 e. The van der Waals surface area contributed by atoms with E-state index in [1.54, 1.807) is 20.8 Å². The molecule has 2 N–H and O–H groups in total. The molecule has 0 aromatic rings. The van der Waals surface area contributed by atoms with Gasteiger partial charge in [0.05, 0.1) is 18.7 Å². The van der Waals surface area contributed by atoms with Crippen molar-refractivity contribution in [2.45, 2.75) is 44.9 Å². The first-order valence-corrected chi connectivity index (χ1v) is 6.91. The van der Waals surface area contributed by atoms with Crippen molar-refractivity contribution in [3.05, 3.63) is 12.7 Å². The number of rotatable bonds is 4. The molecule has 0 saturated carbocycles. The summed E-state index contributed by atoms with van der Waals surface area (Å²) in [6.45, 7) is 8.99. The van der Waals surface area contributed by atoms with Crippen molar-refractivity contribution >= 4 is 12.2 Å². The molecule has 1 rings (SSSR count). The molecule has 1 saturated heterocycles. The van der Waals surface area contributed by atoms with Crippen molar-refractivity contribution in [3.8, 4) is 0 Å². The van der Waals surface area contributed by atoms with E-state index in [1.165, 1.54) is 11.0 Å². The average molecular weight is 300 g/mol. The lowest BCUT2D eigenvalue weighted by Crippen LogP contribution is -2.42. The molecule has 120 valence electrons. The molecule has 0 spiro atoms. The Balaban J connectivity index is 2.54. The van der Waals surface area contributed by atoms with E-state index in [-0.39, 0.29) is 31.8 Å². The molecule has 1 aliphatic heterocycles. The van der Waals surface area contributed by atoms with Crippen LogP contribution in [0.1, 0.15) is 27.2 Å². The van der Waals surface area contributed by atoms with Crippen LogP contribution in [-0.2, 0) is 9.47 Å². The summed E-state index contributed by atoms with van der Waals surface area (Å²) in [6.07, 6.45) is 0.866. The molecule has 0 unspecified atom stereocenters. The molecule has 2 atom stereocenters. The van der Waals surface area contributed by atoms with E-state index >= 15 is 0 Å². The van der Waals surface area contributed by atoms with Crippen LogP contribution in [0.4, 0.5) is 9.59 Å². The van der Waals surface area contributed by atoms with Gasteiger partial charge in [-0.15, -0.1) is 0 Å². The molecule has 1 aliphatic rings. The molecule has 0 aliphatic carbocycles. The summed E-state index contributed by atoms with van der Waals surface area (Å²) in [6, 6.07) is -0.643. The number of nitrogens with one attached hydrogen (secondary N) is 1. The van der Waals surface area contributed by atoms with E-state index in [0.717, 1.165) is 0 Å². The number of amides is 2. The van der Waals surface area contributed by atoms with Gasteiger partial charge in [-0.25, -0.2) is 9.59 Å². The maximum absolute atomic E-state index is 11.8. The number of carbonyl (C=O) groups is 2. The second-order valence-electron chi connectivity index (χ2n) is 5.93.